The fourth-order valence-corrected chi connectivity index (χ4v) is 3.29. The summed E-state index contributed by atoms with van der Waals surface area (Å²) >= 11 is 1.44. The minimum Gasteiger partial charge on any atom is -0.330 e. The lowest BCUT2D eigenvalue weighted by Gasteiger charge is -2.16. The van der Waals surface area contributed by atoms with Crippen molar-refractivity contribution < 1.29 is 9.59 Å². The molecule has 1 fully saturated rings. The zero-order valence-electron chi connectivity index (χ0n) is 13.0. The average Bonchev–Trinajstić information content (AvgIpc) is 3.18. The van der Waals surface area contributed by atoms with Gasteiger partial charge in [0.2, 0.25) is 5.91 Å². The van der Waals surface area contributed by atoms with Gasteiger partial charge < -0.3 is 16.0 Å². The van der Waals surface area contributed by atoms with Crippen LogP contribution in [0.3, 0.4) is 0 Å². The van der Waals surface area contributed by atoms with Crippen molar-refractivity contribution >= 4 is 46.9 Å². The van der Waals surface area contributed by atoms with Crippen LogP contribution < -0.4 is 16.0 Å². The number of carbonyl (C=O) groups is 2. The average molecular weight is 367 g/mol. The van der Waals surface area contributed by atoms with E-state index in [1.165, 1.54) is 11.3 Å². The fraction of sp³-hybridized carbons (Fsp3) is 0.312. The molecule has 3 N–H and O–H groups in total. The van der Waals surface area contributed by atoms with E-state index in [0.717, 1.165) is 23.7 Å². The molecule has 1 aliphatic rings. The van der Waals surface area contributed by atoms with Gasteiger partial charge in [0.1, 0.15) is 5.69 Å². The van der Waals surface area contributed by atoms with Crippen LogP contribution in [0.15, 0.2) is 29.6 Å². The van der Waals surface area contributed by atoms with Gasteiger partial charge in [-0.3, -0.25) is 9.59 Å². The molecule has 0 saturated carbocycles. The highest BCUT2D eigenvalue weighted by molar-refractivity contribution is 7.09. The summed E-state index contributed by atoms with van der Waals surface area (Å²) in [6, 6.07) is 7.29. The van der Waals surface area contributed by atoms with Gasteiger partial charge in [0.05, 0.1) is 5.01 Å². The third-order valence-corrected chi connectivity index (χ3v) is 4.56. The predicted molar refractivity (Wildman–Crippen MR) is 98.1 cm³/mol. The van der Waals surface area contributed by atoms with Crippen LogP contribution in [0.25, 0.3) is 0 Å². The minimum atomic E-state index is -0.241. The van der Waals surface area contributed by atoms with E-state index in [1.54, 1.807) is 22.4 Å². The third-order valence-electron chi connectivity index (χ3n) is 3.65. The maximum absolute atomic E-state index is 12.2. The lowest BCUT2D eigenvalue weighted by atomic mass is 10.2. The van der Waals surface area contributed by atoms with Crippen LogP contribution in [0.1, 0.15) is 28.3 Å². The molecule has 0 unspecified atom stereocenters. The van der Waals surface area contributed by atoms with Crippen molar-refractivity contribution in [3.8, 4) is 0 Å². The smallest absolute Gasteiger partial charge is 0.275 e. The molecule has 3 rings (SSSR count). The maximum Gasteiger partial charge on any atom is 0.275 e. The molecule has 128 valence electrons. The summed E-state index contributed by atoms with van der Waals surface area (Å²) in [7, 11) is 0. The number of halogens is 1. The Morgan fingerprint density at radius 3 is 2.71 bits per heavy atom. The van der Waals surface area contributed by atoms with E-state index in [9.17, 15) is 9.59 Å². The number of rotatable bonds is 5. The third kappa shape index (κ3) is 4.11. The number of anilines is 2. The number of benzene rings is 1. The second-order valence-corrected chi connectivity index (χ2v) is 6.26. The van der Waals surface area contributed by atoms with Crippen molar-refractivity contribution in [1.29, 1.82) is 0 Å². The molecule has 1 aromatic heterocycles. The molecule has 1 saturated heterocycles. The molecular formula is C16H19ClN4O2S. The molecule has 2 heterocycles. The molecule has 0 radical (unpaired) electrons. The highest BCUT2D eigenvalue weighted by atomic mass is 35.5. The van der Waals surface area contributed by atoms with Gasteiger partial charge in [-0.05, 0) is 37.2 Å². The lowest BCUT2D eigenvalue weighted by Crippen LogP contribution is -2.23. The molecule has 1 aliphatic heterocycles. The van der Waals surface area contributed by atoms with Gasteiger partial charge in [-0.1, -0.05) is 0 Å². The Morgan fingerprint density at radius 2 is 2.08 bits per heavy atom. The lowest BCUT2D eigenvalue weighted by molar-refractivity contribution is -0.117. The summed E-state index contributed by atoms with van der Waals surface area (Å²) in [5, 5.41) is 5.41. The fourth-order valence-electron chi connectivity index (χ4n) is 2.49. The number of nitrogens with zero attached hydrogens (tertiary/aromatic N) is 2. The minimum absolute atomic E-state index is 0. The first-order chi connectivity index (χ1) is 11.2. The van der Waals surface area contributed by atoms with Crippen LogP contribution in [-0.2, 0) is 11.2 Å². The van der Waals surface area contributed by atoms with Crippen LogP contribution in [0.2, 0.25) is 0 Å². The van der Waals surface area contributed by atoms with E-state index in [2.05, 4.69) is 10.3 Å². The van der Waals surface area contributed by atoms with Gasteiger partial charge in [0, 0.05) is 36.1 Å². The van der Waals surface area contributed by atoms with Crippen LogP contribution in [0, 0.1) is 0 Å². The summed E-state index contributed by atoms with van der Waals surface area (Å²) in [4.78, 5) is 29.9. The van der Waals surface area contributed by atoms with E-state index < -0.39 is 0 Å². The quantitative estimate of drug-likeness (QED) is 0.850. The van der Waals surface area contributed by atoms with E-state index in [-0.39, 0.29) is 24.2 Å². The van der Waals surface area contributed by atoms with Crippen LogP contribution in [0.4, 0.5) is 11.4 Å². The highest BCUT2D eigenvalue weighted by Crippen LogP contribution is 2.23. The first-order valence-corrected chi connectivity index (χ1v) is 8.41. The standard InChI is InChI=1S/C16H18N4O2S.ClH/c17-8-7-14-19-13(10-23-14)16(22)18-11-3-5-12(6-4-11)20-9-1-2-15(20)21;/h3-6,10H,1-2,7-9,17H2,(H,18,22);1H. The normalized spacial score (nSPS) is 13.7. The Labute approximate surface area is 150 Å². The van der Waals surface area contributed by atoms with Gasteiger partial charge in [-0.25, -0.2) is 4.98 Å². The van der Waals surface area contributed by atoms with E-state index in [0.29, 0.717) is 30.8 Å². The van der Waals surface area contributed by atoms with E-state index >= 15 is 0 Å². The molecule has 2 amide bonds. The van der Waals surface area contributed by atoms with Crippen molar-refractivity contribution in [2.24, 2.45) is 5.73 Å². The number of thiazole rings is 1. The zero-order valence-corrected chi connectivity index (χ0v) is 14.7. The van der Waals surface area contributed by atoms with E-state index in [4.69, 9.17) is 5.73 Å². The summed E-state index contributed by atoms with van der Waals surface area (Å²) in [5.41, 5.74) is 7.43. The molecule has 8 heteroatoms. The van der Waals surface area contributed by atoms with Crippen LogP contribution in [0.5, 0.6) is 0 Å². The van der Waals surface area contributed by atoms with Crippen molar-refractivity contribution in [2.45, 2.75) is 19.3 Å². The summed E-state index contributed by atoms with van der Waals surface area (Å²) in [6.07, 6.45) is 2.18. The molecule has 1 aromatic carbocycles. The Balaban J connectivity index is 0.00000208. The predicted octanol–water partition coefficient (Wildman–Crippen LogP) is 2.45. The number of hydrogen-bond donors (Lipinski definition) is 2. The Kier molecular flexibility index (Phi) is 6.30. The number of carbonyl (C=O) groups excluding carboxylic acids is 2. The topological polar surface area (TPSA) is 88.3 Å². The van der Waals surface area contributed by atoms with Gasteiger partial charge in [-0.2, -0.15) is 0 Å². The maximum atomic E-state index is 12.2. The van der Waals surface area contributed by atoms with Crippen molar-refractivity contribution in [3.63, 3.8) is 0 Å². The molecule has 0 aliphatic carbocycles. The Morgan fingerprint density at radius 1 is 1.33 bits per heavy atom. The van der Waals surface area contributed by atoms with E-state index in [1.807, 2.05) is 12.1 Å². The highest BCUT2D eigenvalue weighted by Gasteiger charge is 2.21. The Bertz CT molecular complexity index is 717. The summed E-state index contributed by atoms with van der Waals surface area (Å²) in [5.74, 6) is -0.0915. The zero-order chi connectivity index (χ0) is 16.2. The molecule has 2 aromatic rings. The molecule has 0 bridgehead atoms. The largest absolute Gasteiger partial charge is 0.330 e. The number of nitrogens with two attached hydrogens (primary N) is 1. The van der Waals surface area contributed by atoms with Gasteiger partial charge in [0.25, 0.3) is 5.91 Å². The first kappa shape index (κ1) is 18.4. The van der Waals surface area contributed by atoms with Crippen molar-refractivity contribution in [1.82, 2.24) is 4.98 Å². The first-order valence-electron chi connectivity index (χ1n) is 7.53. The van der Waals surface area contributed by atoms with Crippen LogP contribution >= 0.6 is 23.7 Å². The number of hydrogen-bond acceptors (Lipinski definition) is 5. The molecule has 0 atom stereocenters. The molecule has 0 spiro atoms. The number of aromatic nitrogens is 1. The monoisotopic (exact) mass is 366 g/mol. The molecule has 24 heavy (non-hydrogen) atoms. The summed E-state index contributed by atoms with van der Waals surface area (Å²) in [6.45, 7) is 1.28. The second-order valence-electron chi connectivity index (χ2n) is 5.32. The van der Waals surface area contributed by atoms with Gasteiger partial charge in [0.15, 0.2) is 0 Å². The van der Waals surface area contributed by atoms with Crippen molar-refractivity contribution in [2.75, 3.05) is 23.3 Å². The van der Waals surface area contributed by atoms with Crippen molar-refractivity contribution in [3.05, 3.63) is 40.3 Å². The van der Waals surface area contributed by atoms with Gasteiger partial charge >= 0.3 is 0 Å². The van der Waals surface area contributed by atoms with Crippen LogP contribution in [-0.4, -0.2) is 29.9 Å². The summed E-state index contributed by atoms with van der Waals surface area (Å²) < 4.78 is 0. The SMILES string of the molecule is Cl.NCCc1nc(C(=O)Nc2ccc(N3CCCC3=O)cc2)cs1. The molecule has 6 nitrogen and oxygen atoms in total. The molecular weight excluding hydrogens is 348 g/mol. The number of amides is 2. The number of nitrogens with one attached hydrogen (secondary N) is 1. The van der Waals surface area contributed by atoms with Gasteiger partial charge in [-0.15, -0.1) is 23.7 Å². The second kappa shape index (κ2) is 8.23. The Hall–Kier alpha value is -1.96.